The summed E-state index contributed by atoms with van der Waals surface area (Å²) in [4.78, 5) is 4.48. The highest BCUT2D eigenvalue weighted by molar-refractivity contribution is 7.00. The lowest BCUT2D eigenvalue weighted by molar-refractivity contribution is 0.569. The zero-order valence-electron chi connectivity index (χ0n) is 64.3. The lowest BCUT2D eigenvalue weighted by Gasteiger charge is -2.45. The molecule has 0 unspecified atom stereocenters. The van der Waals surface area contributed by atoms with Crippen LogP contribution < -0.4 is 26.2 Å². The number of nitrogens with zero attached hydrogens (tertiary/aromatic N) is 3. The van der Waals surface area contributed by atoms with Crippen LogP contribution in [0.15, 0.2) is 288 Å². The number of anilines is 6. The van der Waals surface area contributed by atoms with Crippen molar-refractivity contribution >= 4 is 123 Å². The van der Waals surface area contributed by atoms with Crippen LogP contribution in [0.3, 0.4) is 0 Å². The predicted molar refractivity (Wildman–Crippen MR) is 389 cm³/mol. The van der Waals surface area contributed by atoms with Gasteiger partial charge in [-0.3, -0.25) is 0 Å². The molecule has 0 spiro atoms. The van der Waals surface area contributed by atoms with Gasteiger partial charge in [0.1, 0.15) is 22.3 Å². The van der Waals surface area contributed by atoms with Crippen molar-refractivity contribution in [3.8, 4) is 50.2 Å². The molecule has 0 bridgehead atoms. The number of aromatic nitrogens is 1. The van der Waals surface area contributed by atoms with Gasteiger partial charge in [0.05, 0.1) is 56.7 Å². The van der Waals surface area contributed by atoms with Crippen molar-refractivity contribution < 1.29 is 26.7 Å². The van der Waals surface area contributed by atoms with Crippen LogP contribution in [-0.4, -0.2) is 11.3 Å². The number of benzene rings is 13. The third-order valence-corrected chi connectivity index (χ3v) is 18.8. The van der Waals surface area contributed by atoms with Crippen LogP contribution in [0.5, 0.6) is 0 Å². The first-order valence-corrected chi connectivity index (χ1v) is 31.1. The predicted octanol–water partition coefficient (Wildman–Crippen LogP) is 21.9. The van der Waals surface area contributed by atoms with E-state index in [0.717, 1.165) is 71.5 Å². The van der Waals surface area contributed by atoms with E-state index in [4.69, 9.17) is 12.9 Å². The van der Waals surface area contributed by atoms with Gasteiger partial charge in [0.2, 0.25) is 0 Å². The summed E-state index contributed by atoms with van der Waals surface area (Å²) in [5, 5.41) is 2.92. The molecule has 0 aliphatic carbocycles. The number of hydrogen-bond donors (Lipinski definition) is 0. The fourth-order valence-corrected chi connectivity index (χ4v) is 14.4. The van der Waals surface area contributed by atoms with Gasteiger partial charge in [-0.2, -0.15) is 0 Å². The van der Waals surface area contributed by atoms with Gasteiger partial charge in [-0.15, -0.1) is 0 Å². The highest BCUT2D eigenvalue weighted by atomic mass is 16.3. The van der Waals surface area contributed by atoms with Crippen LogP contribution in [0.2, 0.25) is 0 Å². The molecule has 438 valence electrons. The third-order valence-electron chi connectivity index (χ3n) is 18.8. The number of furan rings is 2. The minimum atomic E-state index is -0.792. The van der Waals surface area contributed by atoms with Gasteiger partial charge >= 0.3 is 0 Å². The lowest BCUT2D eigenvalue weighted by Crippen LogP contribution is -2.61. The summed E-state index contributed by atoms with van der Waals surface area (Å²) in [6.07, 6.45) is 0. The first-order valence-electron chi connectivity index (χ1n) is 37.6. The van der Waals surface area contributed by atoms with Gasteiger partial charge in [0.15, 0.2) is 0 Å². The van der Waals surface area contributed by atoms with Gasteiger partial charge in [0, 0.05) is 55.4 Å². The van der Waals surface area contributed by atoms with E-state index in [9.17, 15) is 13.7 Å². The molecule has 0 saturated carbocycles. The van der Waals surface area contributed by atoms with E-state index in [1.165, 1.54) is 0 Å². The summed E-state index contributed by atoms with van der Waals surface area (Å²) in [6, 6.07) is 60.7. The molecule has 0 amide bonds. The lowest BCUT2D eigenvalue weighted by atomic mass is 9.33. The zero-order chi connectivity index (χ0) is 73.0. The van der Waals surface area contributed by atoms with E-state index in [0.29, 0.717) is 72.9 Å². The van der Waals surface area contributed by atoms with Crippen LogP contribution >= 0.6 is 0 Å². The minimum Gasteiger partial charge on any atom is -0.456 e. The molecular weight excluding hydrogens is 1120 g/mol. The molecule has 0 saturated heterocycles. The largest absolute Gasteiger partial charge is 0.456 e. The summed E-state index contributed by atoms with van der Waals surface area (Å²) in [5.74, 6) is 0. The van der Waals surface area contributed by atoms with Gasteiger partial charge in [0.25, 0.3) is 6.71 Å². The van der Waals surface area contributed by atoms with Crippen molar-refractivity contribution in [2.75, 3.05) is 9.80 Å². The first kappa shape index (κ1) is 42.0. The maximum Gasteiger partial charge on any atom is 0.252 e. The van der Waals surface area contributed by atoms with Gasteiger partial charge in [-0.05, 0) is 144 Å². The van der Waals surface area contributed by atoms with E-state index in [1.54, 1.807) is 10.6 Å². The summed E-state index contributed by atoms with van der Waals surface area (Å²) in [6.45, 7) is 12.5. The minimum absolute atomic E-state index is 0.0116. The second-order valence-electron chi connectivity index (χ2n) is 26.2. The van der Waals surface area contributed by atoms with Crippen molar-refractivity contribution in [2.24, 2.45) is 0 Å². The van der Waals surface area contributed by atoms with Crippen molar-refractivity contribution in [1.82, 2.24) is 4.57 Å². The van der Waals surface area contributed by atoms with E-state index in [2.05, 4.69) is 112 Å². The van der Waals surface area contributed by atoms with Gasteiger partial charge in [-0.25, -0.2) is 0 Å². The highest BCUT2D eigenvalue weighted by Crippen LogP contribution is 2.55. The maximum absolute atomic E-state index is 10.1. The van der Waals surface area contributed by atoms with Crippen molar-refractivity contribution in [2.45, 2.75) is 52.4 Å². The highest BCUT2D eigenvalue weighted by Gasteiger charge is 2.46. The molecule has 18 rings (SSSR count). The number of rotatable bonds is 7. The van der Waals surface area contributed by atoms with E-state index < -0.39 is 73.2 Å². The molecule has 2 aliphatic heterocycles. The number of para-hydroxylation sites is 4. The third kappa shape index (κ3) is 8.26. The quantitative estimate of drug-likeness (QED) is 0.149. The van der Waals surface area contributed by atoms with E-state index in [-0.39, 0.29) is 56.0 Å². The topological polar surface area (TPSA) is 37.7 Å². The Kier molecular flexibility index (Phi) is 9.23. The van der Waals surface area contributed by atoms with Gasteiger partial charge < -0.3 is 23.2 Å². The van der Waals surface area contributed by atoms with Crippen LogP contribution in [0, 0.1) is 0 Å². The fraction of sp³-hybridized carbons (Fsp3) is 0.0930. The van der Waals surface area contributed by atoms with Crippen molar-refractivity contribution in [3.05, 3.63) is 290 Å². The monoisotopic (exact) mass is 1190 g/mol. The van der Waals surface area contributed by atoms with E-state index >= 15 is 0 Å². The van der Waals surface area contributed by atoms with Crippen LogP contribution in [-0.2, 0) is 10.8 Å². The molecule has 13 aromatic carbocycles. The molecule has 0 radical (unpaired) electrons. The smallest absolute Gasteiger partial charge is 0.252 e. The molecule has 0 N–H and O–H groups in total. The van der Waals surface area contributed by atoms with Gasteiger partial charge in [-0.1, -0.05) is 248 Å². The SMILES string of the molecule is [2H]c1c([2H])c([2H])c(-c2ccc3c(c2)B2c4ccc(-c5cc(C(C)(C)C)cc(C(C)(C)C)c5)cc4N(c4c(-c5ccccc5)ccc5oc6ccccc6c45)c4cc(-n5c6c([2H])c([2H])c([2H])c([2H])c6c6c([2H])c([2H])c([2H])c([2H])c65)cc(c42)N3c2c(-c3ccccc3)ccc3oc4ccccc4c23)c([2H])c1[2H]. The summed E-state index contributed by atoms with van der Waals surface area (Å²) >= 11 is 0. The van der Waals surface area contributed by atoms with Crippen LogP contribution in [0.1, 0.15) is 70.5 Å². The Bertz CT molecular complexity index is 6370. The Labute approximate surface area is 554 Å². The Morgan fingerprint density at radius 1 is 0.348 bits per heavy atom. The molecule has 5 nitrogen and oxygen atoms in total. The molecule has 5 heterocycles. The second kappa shape index (κ2) is 20.2. The number of fused-ring (bicyclic) bond motifs is 13. The van der Waals surface area contributed by atoms with Crippen LogP contribution in [0.25, 0.3) is 116 Å². The Balaban J connectivity index is 1.10. The standard InChI is InChI=1S/C86H64BN3O2/c1-85(2,3)59-46-58(47-60(50-59)86(4,5)6)57-38-42-68-73(49-57)90(84-63(55-28-14-9-15-29-55)41-45-79-81(84)67-33-19-23-37-77(67)92-79)75-52-61(88-70-34-20-16-30-64(70)65-31-17-21-35-71(65)88)51-74-82(75)87(68)69-48-56(53-24-10-7-11-25-53)39-43-72(69)89(74)83-62(54-26-12-8-13-27-54)40-44-78-80(83)66-32-18-22-36-76(66)91-78/h7-52H,1-6H3/i7D,10D,11D,16D,17D,20D,21D,24D,25D,30D,31D,34D,35D. The van der Waals surface area contributed by atoms with Crippen molar-refractivity contribution in [3.63, 3.8) is 0 Å². The molecular formula is C86H64BN3O2. The molecule has 0 fully saturated rings. The molecule has 6 heteroatoms. The van der Waals surface area contributed by atoms with E-state index in [1.807, 2.05) is 133 Å². The number of hydrogen-bond acceptors (Lipinski definition) is 4. The summed E-state index contributed by atoms with van der Waals surface area (Å²) < 4.78 is 138. The molecule has 16 aromatic rings. The van der Waals surface area contributed by atoms with Crippen LogP contribution in [0.4, 0.5) is 34.1 Å². The van der Waals surface area contributed by atoms with Crippen molar-refractivity contribution in [1.29, 1.82) is 0 Å². The Morgan fingerprint density at radius 2 is 0.837 bits per heavy atom. The average molecular weight is 1200 g/mol. The molecule has 3 aromatic heterocycles. The Morgan fingerprint density at radius 3 is 1.39 bits per heavy atom. The summed E-state index contributed by atoms with van der Waals surface area (Å²) in [7, 11) is 0. The molecule has 92 heavy (non-hydrogen) atoms. The first-order chi connectivity index (χ1) is 50.3. The summed E-state index contributed by atoms with van der Waals surface area (Å²) in [5.41, 5.74) is 15.8. The fourth-order valence-electron chi connectivity index (χ4n) is 14.4. The normalized spacial score (nSPS) is 15.0. The molecule has 0 atom stereocenters. The molecule has 2 aliphatic rings. The maximum atomic E-state index is 10.1. The Hall–Kier alpha value is -11.1. The average Bonchev–Trinajstić information content (AvgIpc) is 1.65. The second-order valence-corrected chi connectivity index (χ2v) is 26.2. The zero-order valence-corrected chi connectivity index (χ0v) is 51.3.